The van der Waals surface area contributed by atoms with Crippen LogP contribution in [0.1, 0.15) is 6.42 Å². The average Bonchev–Trinajstić information content (AvgIpc) is 2.77. The van der Waals surface area contributed by atoms with Crippen molar-refractivity contribution in [3.63, 3.8) is 0 Å². The van der Waals surface area contributed by atoms with Crippen LogP contribution < -0.4 is 5.32 Å². The predicted octanol–water partition coefficient (Wildman–Crippen LogP) is 2.91. The van der Waals surface area contributed by atoms with Gasteiger partial charge < -0.3 is 15.2 Å². The molecule has 1 aromatic carbocycles. The molecule has 0 spiro atoms. The summed E-state index contributed by atoms with van der Waals surface area (Å²) in [7, 11) is 5.60. The first kappa shape index (κ1) is 13.3. The fourth-order valence-electron chi connectivity index (χ4n) is 2.38. The van der Waals surface area contributed by atoms with Crippen molar-refractivity contribution in [1.29, 1.82) is 5.26 Å². The summed E-state index contributed by atoms with van der Waals surface area (Å²) < 4.78 is 0. The van der Waals surface area contributed by atoms with E-state index in [0.29, 0.717) is 17.7 Å². The molecule has 0 fully saturated rings. The SMILES string of the molecule is N#CB1CCC(O)=C(C2=S(Cl)c3ccccc3N2)C1=O. The van der Waals surface area contributed by atoms with Crippen LogP contribution in [0.5, 0.6) is 0 Å². The van der Waals surface area contributed by atoms with E-state index in [0.717, 1.165) is 10.6 Å². The van der Waals surface area contributed by atoms with Gasteiger partial charge >= 0.3 is 6.71 Å². The van der Waals surface area contributed by atoms with Crippen LogP contribution in [0, 0.1) is 11.2 Å². The molecule has 7 heteroatoms. The van der Waals surface area contributed by atoms with Crippen LogP contribution in [0.15, 0.2) is 40.5 Å². The van der Waals surface area contributed by atoms with Crippen molar-refractivity contribution in [2.75, 3.05) is 5.32 Å². The molecule has 0 aromatic heterocycles. The third-order valence-electron chi connectivity index (χ3n) is 3.41. The Bertz CT molecular complexity index is 723. The van der Waals surface area contributed by atoms with Gasteiger partial charge in [-0.2, -0.15) is 0 Å². The van der Waals surface area contributed by atoms with E-state index >= 15 is 0 Å². The van der Waals surface area contributed by atoms with Crippen LogP contribution in [0.25, 0.3) is 0 Å². The fourth-order valence-corrected chi connectivity index (χ4v) is 4.45. The van der Waals surface area contributed by atoms with E-state index in [-0.39, 0.29) is 17.0 Å². The Morgan fingerprint density at radius 1 is 1.45 bits per heavy atom. The number of rotatable bonds is 1. The van der Waals surface area contributed by atoms with E-state index in [9.17, 15) is 9.90 Å². The van der Waals surface area contributed by atoms with Gasteiger partial charge in [-0.05, 0) is 38.8 Å². The Balaban J connectivity index is 2.09. The number of aliphatic hydroxyl groups is 1. The standard InChI is InChI=1S/C13H10BClN2O2S/c15-20-10-4-2-1-3-8(10)17-13(20)11-9(18)5-6-14(7-16)12(11)19/h1-4,17-18H,5-6H2. The molecule has 0 saturated heterocycles. The Kier molecular flexibility index (Phi) is 3.32. The molecule has 2 N–H and O–H groups in total. The van der Waals surface area contributed by atoms with E-state index in [1.807, 2.05) is 30.2 Å². The van der Waals surface area contributed by atoms with Crippen LogP contribution in [-0.4, -0.2) is 22.5 Å². The highest BCUT2D eigenvalue weighted by Gasteiger charge is 2.38. The monoisotopic (exact) mass is 304 g/mol. The summed E-state index contributed by atoms with van der Waals surface area (Å²) in [5.74, 6) is 2.01. The van der Waals surface area contributed by atoms with Crippen molar-refractivity contribution in [3.8, 4) is 5.97 Å². The van der Waals surface area contributed by atoms with Gasteiger partial charge in [0.25, 0.3) is 0 Å². The number of hydrogen-bond donors (Lipinski definition) is 2. The minimum Gasteiger partial charge on any atom is -0.512 e. The molecule has 0 amide bonds. The number of hydrogen-bond acceptors (Lipinski definition) is 4. The molecular formula is C13H10BClN2O2S. The summed E-state index contributed by atoms with van der Waals surface area (Å²) in [6.45, 7) is -0.701. The third-order valence-corrected chi connectivity index (χ3v) is 5.78. The molecule has 2 aliphatic heterocycles. The number of carbonyl (C=O) groups excluding carboxylic acids is 1. The highest BCUT2D eigenvalue weighted by atomic mass is 35.7. The lowest BCUT2D eigenvalue weighted by atomic mass is 9.41. The first-order chi connectivity index (χ1) is 9.63. The Morgan fingerprint density at radius 3 is 2.90 bits per heavy atom. The molecule has 0 radical (unpaired) electrons. The summed E-state index contributed by atoms with van der Waals surface area (Å²) in [6, 6.07) is 7.51. The number of carbonyl (C=O) groups is 1. The number of fused-ring (bicyclic) bond motifs is 1. The molecule has 3 rings (SSSR count). The zero-order chi connectivity index (χ0) is 14.3. The molecule has 20 heavy (non-hydrogen) atoms. The molecule has 4 nitrogen and oxygen atoms in total. The van der Waals surface area contributed by atoms with Crippen LogP contribution in [0.4, 0.5) is 5.69 Å². The lowest BCUT2D eigenvalue weighted by Gasteiger charge is -2.18. The van der Waals surface area contributed by atoms with Gasteiger partial charge in [-0.15, -0.1) is 0 Å². The minimum absolute atomic E-state index is 0.0231. The number of nitrogens with one attached hydrogen (secondary N) is 1. The lowest BCUT2D eigenvalue weighted by molar-refractivity contribution is -0.109. The van der Waals surface area contributed by atoms with Gasteiger partial charge in [-0.25, -0.2) is 5.26 Å². The van der Waals surface area contributed by atoms with Gasteiger partial charge in [0.15, 0.2) is 0 Å². The average molecular weight is 305 g/mol. The smallest absolute Gasteiger partial charge is 0.351 e. The van der Waals surface area contributed by atoms with Gasteiger partial charge in [0.05, 0.1) is 16.2 Å². The third kappa shape index (κ3) is 1.94. The van der Waals surface area contributed by atoms with Crippen LogP contribution >= 0.6 is 20.4 Å². The Labute approximate surface area is 123 Å². The number of allylic oxidation sites excluding steroid dienone is 1. The maximum absolute atomic E-state index is 12.3. The van der Waals surface area contributed by atoms with Crippen molar-refractivity contribution in [3.05, 3.63) is 35.6 Å². The molecule has 2 aliphatic rings. The largest absolute Gasteiger partial charge is 0.512 e. The van der Waals surface area contributed by atoms with Crippen molar-refractivity contribution >= 4 is 43.5 Å². The topological polar surface area (TPSA) is 73.1 Å². The Morgan fingerprint density at radius 2 is 2.20 bits per heavy atom. The first-order valence-corrected chi connectivity index (χ1v) is 8.18. The first-order valence-electron chi connectivity index (χ1n) is 6.13. The second-order valence-electron chi connectivity index (χ2n) is 4.61. The molecule has 0 aliphatic carbocycles. The van der Waals surface area contributed by atoms with Crippen LogP contribution in [-0.2, 0) is 4.79 Å². The normalized spacial score (nSPS) is 21.6. The van der Waals surface area contributed by atoms with Gasteiger partial charge in [0.1, 0.15) is 11.4 Å². The predicted molar refractivity (Wildman–Crippen MR) is 82.2 cm³/mol. The Hall–Kier alpha value is -1.71. The number of anilines is 1. The van der Waals surface area contributed by atoms with Gasteiger partial charge in [-0.3, -0.25) is 0 Å². The highest BCUT2D eigenvalue weighted by molar-refractivity contribution is 8.35. The molecular weight excluding hydrogens is 294 g/mol. The van der Waals surface area contributed by atoms with Gasteiger partial charge in [-0.1, -0.05) is 12.1 Å². The second kappa shape index (κ2) is 5.00. The van der Waals surface area contributed by atoms with E-state index in [1.165, 1.54) is 0 Å². The number of para-hydroxylation sites is 1. The summed E-state index contributed by atoms with van der Waals surface area (Å²) in [5.41, 5.74) is 0.690. The molecule has 0 saturated carbocycles. The molecule has 1 unspecified atom stereocenters. The summed E-state index contributed by atoms with van der Waals surface area (Å²) in [5, 5.41) is 22.2. The van der Waals surface area contributed by atoms with Crippen molar-refractivity contribution in [2.24, 2.45) is 0 Å². The van der Waals surface area contributed by atoms with E-state index in [1.54, 1.807) is 0 Å². The van der Waals surface area contributed by atoms with E-state index in [2.05, 4.69) is 5.32 Å². The number of nitriles is 1. The quantitative estimate of drug-likeness (QED) is 0.618. The van der Waals surface area contributed by atoms with Gasteiger partial charge in [0.2, 0.25) is 0 Å². The maximum Gasteiger partial charge on any atom is 0.351 e. The lowest BCUT2D eigenvalue weighted by Crippen LogP contribution is -2.35. The zero-order valence-electron chi connectivity index (χ0n) is 10.4. The molecule has 1 atom stereocenters. The fraction of sp³-hybridized carbons (Fsp3) is 0.154. The summed E-state index contributed by atoms with van der Waals surface area (Å²) in [6.07, 6.45) is 0.690. The summed E-state index contributed by atoms with van der Waals surface area (Å²) >= 11 is 0. The summed E-state index contributed by atoms with van der Waals surface area (Å²) in [4.78, 5) is 13.7. The molecule has 0 bridgehead atoms. The van der Waals surface area contributed by atoms with E-state index < -0.39 is 16.4 Å². The zero-order valence-corrected chi connectivity index (χ0v) is 12.0. The maximum atomic E-state index is 12.3. The molecule has 100 valence electrons. The number of aliphatic hydroxyl groups excluding tert-OH is 1. The number of halogens is 1. The number of nitrogens with zero attached hydrogens (tertiary/aromatic N) is 1. The molecule has 1 aromatic rings. The van der Waals surface area contributed by atoms with Crippen molar-refractivity contribution in [1.82, 2.24) is 0 Å². The van der Waals surface area contributed by atoms with Crippen molar-refractivity contribution < 1.29 is 9.90 Å². The molecule has 2 heterocycles. The number of benzene rings is 1. The minimum atomic E-state index is -0.812. The van der Waals surface area contributed by atoms with E-state index in [4.69, 9.17) is 15.9 Å². The van der Waals surface area contributed by atoms with Crippen LogP contribution in [0.3, 0.4) is 0 Å². The van der Waals surface area contributed by atoms with Crippen LogP contribution in [0.2, 0.25) is 6.32 Å². The van der Waals surface area contributed by atoms with Gasteiger partial charge in [0, 0.05) is 17.3 Å². The second-order valence-corrected chi connectivity index (χ2v) is 6.90. The highest BCUT2D eigenvalue weighted by Crippen LogP contribution is 2.45. The van der Waals surface area contributed by atoms with Crippen molar-refractivity contribution in [2.45, 2.75) is 17.6 Å².